The fourth-order valence-electron chi connectivity index (χ4n) is 2.89. The lowest BCUT2D eigenvalue weighted by atomic mass is 10.1. The molecule has 0 amide bonds. The Kier molecular flexibility index (Phi) is 4.88. The van der Waals surface area contributed by atoms with Crippen LogP contribution >= 0.6 is 11.6 Å². The van der Waals surface area contributed by atoms with E-state index in [0.717, 1.165) is 40.6 Å². The Morgan fingerprint density at radius 2 is 1.93 bits per heavy atom. The van der Waals surface area contributed by atoms with Crippen molar-refractivity contribution in [3.8, 4) is 0 Å². The van der Waals surface area contributed by atoms with Gasteiger partial charge in [0.25, 0.3) is 10.0 Å². The van der Waals surface area contributed by atoms with Gasteiger partial charge in [-0.25, -0.2) is 21.8 Å². The van der Waals surface area contributed by atoms with E-state index in [-0.39, 0.29) is 26.8 Å². The summed E-state index contributed by atoms with van der Waals surface area (Å²) >= 11 is 6.04. The number of aliphatic hydroxyl groups is 1. The molecule has 0 unspecified atom stereocenters. The summed E-state index contributed by atoms with van der Waals surface area (Å²) in [4.78, 5) is 15.7. The normalized spacial score (nSPS) is 12.4. The molecule has 0 radical (unpaired) electrons. The Hall–Kier alpha value is -3.50. The van der Waals surface area contributed by atoms with Crippen LogP contribution in [0.2, 0.25) is 5.02 Å². The van der Waals surface area contributed by atoms with Crippen molar-refractivity contribution >= 4 is 44.1 Å². The molecule has 2 N–H and O–H groups in total. The first-order valence-corrected chi connectivity index (χ1v) is 10.2. The molecule has 2 aromatic carbocycles. The van der Waals surface area contributed by atoms with E-state index in [1.807, 2.05) is 0 Å². The first-order valence-electron chi connectivity index (χ1n) is 8.40. The number of aromatic amines is 1. The summed E-state index contributed by atoms with van der Waals surface area (Å²) in [7, 11) is -4.14. The highest BCUT2D eigenvalue weighted by Gasteiger charge is 2.23. The minimum Gasteiger partial charge on any atom is -0.507 e. The third-order valence-corrected chi connectivity index (χ3v) is 6.22. The molecule has 2 heterocycles. The summed E-state index contributed by atoms with van der Waals surface area (Å²) in [5, 5.41) is 17.1. The number of aromatic nitrogens is 4. The molecule has 8 nitrogen and oxygen atoms in total. The van der Waals surface area contributed by atoms with Crippen LogP contribution in [0, 0.1) is 5.82 Å². The summed E-state index contributed by atoms with van der Waals surface area (Å²) in [5.74, 6) is -1.80. The zero-order valence-corrected chi connectivity index (χ0v) is 16.5. The van der Waals surface area contributed by atoms with Gasteiger partial charge in [-0.15, -0.1) is 0 Å². The van der Waals surface area contributed by atoms with Crippen LogP contribution in [0.25, 0.3) is 16.7 Å². The molecular weight excluding hydrogens is 435 g/mol. The number of hydrogen-bond acceptors (Lipinski definition) is 6. The highest BCUT2D eigenvalue weighted by molar-refractivity contribution is 7.90. The van der Waals surface area contributed by atoms with Crippen LogP contribution in [-0.4, -0.2) is 38.5 Å². The van der Waals surface area contributed by atoms with Gasteiger partial charge in [0, 0.05) is 28.2 Å². The Balaban J connectivity index is 1.89. The molecule has 0 aliphatic carbocycles. The monoisotopic (exact) mass is 446 g/mol. The zero-order valence-electron chi connectivity index (χ0n) is 15.0. The van der Waals surface area contributed by atoms with Crippen LogP contribution in [0.4, 0.5) is 4.39 Å². The zero-order chi connectivity index (χ0) is 21.5. The molecular formula is C19H12ClFN4O4S. The summed E-state index contributed by atoms with van der Waals surface area (Å²) in [6.45, 7) is 0. The van der Waals surface area contributed by atoms with Gasteiger partial charge in [0.05, 0.1) is 10.4 Å². The number of carbonyl (C=O) groups is 1. The van der Waals surface area contributed by atoms with E-state index < -0.39 is 27.4 Å². The molecule has 30 heavy (non-hydrogen) atoms. The Bertz CT molecular complexity index is 1390. The SMILES string of the molecule is O=C(/C=C(/O)c1cn(S(=O)(=O)c2ccc(F)cc2)c2cc(Cl)ccc12)c1ncn[nH]1. The molecule has 0 atom stereocenters. The molecule has 152 valence electrons. The second-order valence-electron chi connectivity index (χ2n) is 6.19. The van der Waals surface area contributed by atoms with E-state index in [4.69, 9.17) is 11.6 Å². The molecule has 0 aliphatic heterocycles. The van der Waals surface area contributed by atoms with Gasteiger partial charge in [-0.2, -0.15) is 5.10 Å². The van der Waals surface area contributed by atoms with Crippen molar-refractivity contribution < 1.29 is 22.7 Å². The number of ketones is 1. The first-order chi connectivity index (χ1) is 14.3. The van der Waals surface area contributed by atoms with Crippen LogP contribution in [0.15, 0.2) is 66.0 Å². The van der Waals surface area contributed by atoms with E-state index in [0.29, 0.717) is 5.39 Å². The lowest BCUT2D eigenvalue weighted by molar-refractivity contribution is 0.103. The fourth-order valence-corrected chi connectivity index (χ4v) is 4.42. The average Bonchev–Trinajstić information content (AvgIpc) is 3.36. The second kappa shape index (κ2) is 7.39. The molecule has 4 aromatic rings. The number of nitrogens with zero attached hydrogens (tertiary/aromatic N) is 3. The van der Waals surface area contributed by atoms with Crippen molar-refractivity contribution in [1.29, 1.82) is 0 Å². The Morgan fingerprint density at radius 1 is 1.20 bits per heavy atom. The van der Waals surface area contributed by atoms with Crippen molar-refractivity contribution in [3.05, 3.63) is 83.3 Å². The van der Waals surface area contributed by atoms with Crippen molar-refractivity contribution in [3.63, 3.8) is 0 Å². The predicted octanol–water partition coefficient (Wildman–Crippen LogP) is 3.57. The molecule has 2 aromatic heterocycles. The van der Waals surface area contributed by atoms with Gasteiger partial charge in [-0.1, -0.05) is 17.7 Å². The fraction of sp³-hybridized carbons (Fsp3) is 0. The average molecular weight is 447 g/mol. The maximum atomic E-state index is 13.2. The van der Waals surface area contributed by atoms with E-state index >= 15 is 0 Å². The molecule has 0 saturated heterocycles. The number of halogens is 2. The molecule has 11 heteroatoms. The minimum atomic E-state index is -4.14. The number of rotatable bonds is 5. The van der Waals surface area contributed by atoms with Crippen LogP contribution in [0.1, 0.15) is 16.2 Å². The van der Waals surface area contributed by atoms with Crippen molar-refractivity contribution in [2.24, 2.45) is 0 Å². The van der Waals surface area contributed by atoms with Crippen LogP contribution in [0.5, 0.6) is 0 Å². The van der Waals surface area contributed by atoms with Gasteiger partial charge < -0.3 is 5.11 Å². The molecule has 0 saturated carbocycles. The smallest absolute Gasteiger partial charge is 0.268 e. The van der Waals surface area contributed by atoms with Crippen molar-refractivity contribution in [2.45, 2.75) is 4.90 Å². The van der Waals surface area contributed by atoms with E-state index in [1.165, 1.54) is 24.4 Å². The first kappa shape index (κ1) is 19.8. The summed E-state index contributed by atoms with van der Waals surface area (Å²) in [6.07, 6.45) is 3.21. The lowest BCUT2D eigenvalue weighted by Crippen LogP contribution is -2.11. The molecule has 0 spiro atoms. The number of hydrogen-bond donors (Lipinski definition) is 2. The van der Waals surface area contributed by atoms with Gasteiger partial charge in [0.2, 0.25) is 5.78 Å². The second-order valence-corrected chi connectivity index (χ2v) is 8.44. The Labute approximate surface area is 174 Å². The molecule has 0 bridgehead atoms. The third-order valence-electron chi connectivity index (χ3n) is 4.30. The maximum Gasteiger partial charge on any atom is 0.268 e. The van der Waals surface area contributed by atoms with Gasteiger partial charge >= 0.3 is 0 Å². The van der Waals surface area contributed by atoms with Crippen molar-refractivity contribution in [1.82, 2.24) is 19.2 Å². The van der Waals surface area contributed by atoms with Crippen LogP contribution in [-0.2, 0) is 10.0 Å². The number of benzene rings is 2. The number of fused-ring (bicyclic) bond motifs is 1. The highest BCUT2D eigenvalue weighted by Crippen LogP contribution is 2.31. The highest BCUT2D eigenvalue weighted by atomic mass is 35.5. The topological polar surface area (TPSA) is 118 Å². The standard InChI is InChI=1S/C19H12ClFN4O4S/c20-11-1-6-14-15(17(26)8-18(27)19-22-10-23-24-19)9-25(16(14)7-11)30(28,29)13-4-2-12(21)3-5-13/h1-10,26H,(H,22,23,24)/b17-8+. The maximum absolute atomic E-state index is 13.2. The van der Waals surface area contributed by atoms with Crippen molar-refractivity contribution in [2.75, 3.05) is 0 Å². The van der Waals surface area contributed by atoms with Gasteiger partial charge in [0.15, 0.2) is 5.82 Å². The van der Waals surface area contributed by atoms with Gasteiger partial charge in [-0.3, -0.25) is 9.89 Å². The lowest BCUT2D eigenvalue weighted by Gasteiger charge is -2.07. The Morgan fingerprint density at radius 3 is 2.60 bits per heavy atom. The number of carbonyl (C=O) groups excluding carboxylic acids is 1. The van der Waals surface area contributed by atoms with E-state index in [9.17, 15) is 22.7 Å². The van der Waals surface area contributed by atoms with Crippen LogP contribution in [0.3, 0.4) is 0 Å². The predicted molar refractivity (Wildman–Crippen MR) is 107 cm³/mol. The largest absolute Gasteiger partial charge is 0.507 e. The van der Waals surface area contributed by atoms with Crippen LogP contribution < -0.4 is 0 Å². The number of aliphatic hydroxyl groups excluding tert-OH is 1. The molecule has 4 rings (SSSR count). The van der Waals surface area contributed by atoms with E-state index in [2.05, 4.69) is 15.2 Å². The summed E-state index contributed by atoms with van der Waals surface area (Å²) < 4.78 is 40.4. The summed E-state index contributed by atoms with van der Waals surface area (Å²) in [5.41, 5.74) is 0.258. The summed E-state index contributed by atoms with van der Waals surface area (Å²) in [6, 6.07) is 8.76. The van der Waals surface area contributed by atoms with Gasteiger partial charge in [0.1, 0.15) is 17.9 Å². The minimum absolute atomic E-state index is 0.0835. The van der Waals surface area contributed by atoms with Gasteiger partial charge in [-0.05, 0) is 36.4 Å². The number of H-pyrrole nitrogens is 1. The third kappa shape index (κ3) is 3.46. The molecule has 0 aliphatic rings. The number of nitrogens with one attached hydrogen (secondary N) is 1. The molecule has 0 fully saturated rings. The number of allylic oxidation sites excluding steroid dienone is 1. The van der Waals surface area contributed by atoms with E-state index in [1.54, 1.807) is 0 Å². The quantitative estimate of drug-likeness (QED) is 0.275.